The molecule has 4 nitrogen and oxygen atoms in total. The summed E-state index contributed by atoms with van der Waals surface area (Å²) in [5.41, 5.74) is 0. The van der Waals surface area contributed by atoms with Crippen molar-refractivity contribution < 1.29 is 14.3 Å². The van der Waals surface area contributed by atoms with Crippen molar-refractivity contribution in [3.8, 4) is 11.5 Å². The third kappa shape index (κ3) is 7.27. The highest BCUT2D eigenvalue weighted by Gasteiger charge is 2.10. The molecule has 5 heteroatoms. The molecule has 1 unspecified atom stereocenters. The van der Waals surface area contributed by atoms with Crippen LogP contribution in [0, 0.1) is 5.92 Å². The molecule has 0 fully saturated rings. The van der Waals surface area contributed by atoms with E-state index in [1.165, 1.54) is 0 Å². The summed E-state index contributed by atoms with van der Waals surface area (Å²) in [5, 5.41) is 2.99. The summed E-state index contributed by atoms with van der Waals surface area (Å²) >= 11 is 1.58. The predicted molar refractivity (Wildman–Crippen MR) is 88.3 cm³/mol. The van der Waals surface area contributed by atoms with Gasteiger partial charge in [-0.1, -0.05) is 13.8 Å². The van der Waals surface area contributed by atoms with E-state index in [4.69, 9.17) is 9.47 Å². The number of benzene rings is 1. The minimum atomic E-state index is 0.0886. The second kappa shape index (κ2) is 9.55. The van der Waals surface area contributed by atoms with E-state index >= 15 is 0 Å². The Hall–Kier alpha value is -1.36. The largest absolute Gasteiger partial charge is 0.497 e. The lowest BCUT2D eigenvalue weighted by molar-refractivity contribution is -0.119. The second-order valence-corrected chi connectivity index (χ2v) is 6.28. The summed E-state index contributed by atoms with van der Waals surface area (Å²) in [6.07, 6.45) is 0. The Morgan fingerprint density at radius 3 is 2.38 bits per heavy atom. The summed E-state index contributed by atoms with van der Waals surface area (Å²) in [7, 11) is 1.64. The minimum absolute atomic E-state index is 0.0886. The fourth-order valence-electron chi connectivity index (χ4n) is 1.52. The van der Waals surface area contributed by atoms with Gasteiger partial charge in [0.15, 0.2) is 0 Å². The number of nitrogens with one attached hydrogen (secondary N) is 1. The molecule has 0 radical (unpaired) electrons. The molecule has 0 bridgehead atoms. The van der Waals surface area contributed by atoms with Crippen molar-refractivity contribution in [2.24, 2.45) is 5.92 Å². The SMILES string of the molecule is COc1ccc(OCCSCC(=O)NC(C)C(C)C)cc1. The highest BCUT2D eigenvalue weighted by molar-refractivity contribution is 7.99. The number of amides is 1. The Bertz CT molecular complexity index is 420. The number of hydrogen-bond donors (Lipinski definition) is 1. The molecule has 0 aliphatic rings. The van der Waals surface area contributed by atoms with Crippen LogP contribution in [-0.2, 0) is 4.79 Å². The van der Waals surface area contributed by atoms with Gasteiger partial charge in [-0.25, -0.2) is 0 Å². The van der Waals surface area contributed by atoms with Crippen LogP contribution in [-0.4, -0.2) is 37.2 Å². The van der Waals surface area contributed by atoms with Gasteiger partial charge in [-0.3, -0.25) is 4.79 Å². The number of rotatable bonds is 9. The first-order chi connectivity index (χ1) is 10.0. The van der Waals surface area contributed by atoms with Crippen LogP contribution in [0.4, 0.5) is 0 Å². The van der Waals surface area contributed by atoms with Crippen molar-refractivity contribution >= 4 is 17.7 Å². The number of carbonyl (C=O) groups excluding carboxylic acids is 1. The van der Waals surface area contributed by atoms with Gasteiger partial charge < -0.3 is 14.8 Å². The number of ether oxygens (including phenoxy) is 2. The van der Waals surface area contributed by atoms with Crippen LogP contribution in [0.1, 0.15) is 20.8 Å². The summed E-state index contributed by atoms with van der Waals surface area (Å²) in [5.74, 6) is 3.43. The average Bonchev–Trinajstić information content (AvgIpc) is 2.47. The van der Waals surface area contributed by atoms with Gasteiger partial charge in [-0.05, 0) is 37.1 Å². The van der Waals surface area contributed by atoms with Gasteiger partial charge in [-0.15, -0.1) is 11.8 Å². The molecular weight excluding hydrogens is 286 g/mol. The van der Waals surface area contributed by atoms with Crippen molar-refractivity contribution in [1.82, 2.24) is 5.32 Å². The molecule has 0 spiro atoms. The summed E-state index contributed by atoms with van der Waals surface area (Å²) < 4.78 is 10.7. The van der Waals surface area contributed by atoms with Crippen molar-refractivity contribution in [3.05, 3.63) is 24.3 Å². The maximum Gasteiger partial charge on any atom is 0.230 e. The molecule has 21 heavy (non-hydrogen) atoms. The lowest BCUT2D eigenvalue weighted by Crippen LogP contribution is -2.37. The molecule has 1 atom stereocenters. The van der Waals surface area contributed by atoms with E-state index in [0.717, 1.165) is 17.3 Å². The van der Waals surface area contributed by atoms with Crippen LogP contribution in [0.2, 0.25) is 0 Å². The highest BCUT2D eigenvalue weighted by Crippen LogP contribution is 2.17. The summed E-state index contributed by atoms with van der Waals surface area (Å²) in [6.45, 7) is 6.81. The summed E-state index contributed by atoms with van der Waals surface area (Å²) in [6, 6.07) is 7.70. The third-order valence-electron chi connectivity index (χ3n) is 3.18. The standard InChI is InChI=1S/C16H25NO3S/c1-12(2)13(3)17-16(18)11-21-10-9-20-15-7-5-14(19-4)6-8-15/h5-8,12-13H,9-11H2,1-4H3,(H,17,18). The molecule has 1 rings (SSSR count). The van der Waals surface area contributed by atoms with Gasteiger partial charge in [-0.2, -0.15) is 0 Å². The molecular formula is C16H25NO3S. The molecule has 1 aromatic carbocycles. The van der Waals surface area contributed by atoms with Gasteiger partial charge in [0, 0.05) is 11.8 Å². The Balaban J connectivity index is 2.12. The second-order valence-electron chi connectivity index (χ2n) is 5.18. The van der Waals surface area contributed by atoms with Crippen LogP contribution in [0.5, 0.6) is 11.5 Å². The zero-order chi connectivity index (χ0) is 15.7. The van der Waals surface area contributed by atoms with E-state index in [1.807, 2.05) is 31.2 Å². The monoisotopic (exact) mass is 311 g/mol. The first-order valence-corrected chi connectivity index (χ1v) is 8.32. The van der Waals surface area contributed by atoms with E-state index < -0.39 is 0 Å². The Morgan fingerprint density at radius 2 is 1.81 bits per heavy atom. The zero-order valence-corrected chi connectivity index (χ0v) is 14.0. The Labute approximate surface area is 131 Å². The van der Waals surface area contributed by atoms with Crippen LogP contribution in [0.25, 0.3) is 0 Å². The van der Waals surface area contributed by atoms with Crippen molar-refractivity contribution in [2.75, 3.05) is 25.2 Å². The molecule has 0 aliphatic carbocycles. The van der Waals surface area contributed by atoms with E-state index in [9.17, 15) is 4.79 Å². The normalized spacial score (nSPS) is 12.0. The van der Waals surface area contributed by atoms with E-state index in [-0.39, 0.29) is 11.9 Å². The Kier molecular flexibility index (Phi) is 8.05. The van der Waals surface area contributed by atoms with E-state index in [1.54, 1.807) is 18.9 Å². The molecule has 1 amide bonds. The van der Waals surface area contributed by atoms with Crippen molar-refractivity contribution in [2.45, 2.75) is 26.8 Å². The number of carbonyl (C=O) groups is 1. The van der Waals surface area contributed by atoms with Gasteiger partial charge >= 0.3 is 0 Å². The first kappa shape index (κ1) is 17.7. The highest BCUT2D eigenvalue weighted by atomic mass is 32.2. The van der Waals surface area contributed by atoms with Crippen molar-refractivity contribution in [3.63, 3.8) is 0 Å². The minimum Gasteiger partial charge on any atom is -0.497 e. The van der Waals surface area contributed by atoms with Gasteiger partial charge in [0.1, 0.15) is 11.5 Å². The first-order valence-electron chi connectivity index (χ1n) is 7.17. The van der Waals surface area contributed by atoms with E-state index in [0.29, 0.717) is 18.3 Å². The molecule has 0 aliphatic heterocycles. The predicted octanol–water partition coefficient (Wildman–Crippen LogP) is 2.97. The summed E-state index contributed by atoms with van der Waals surface area (Å²) in [4.78, 5) is 11.7. The fraction of sp³-hybridized carbons (Fsp3) is 0.562. The quantitative estimate of drug-likeness (QED) is 0.712. The molecule has 0 heterocycles. The fourth-order valence-corrected chi connectivity index (χ4v) is 2.13. The topological polar surface area (TPSA) is 47.6 Å². The maximum atomic E-state index is 11.7. The smallest absolute Gasteiger partial charge is 0.230 e. The zero-order valence-electron chi connectivity index (χ0n) is 13.2. The lowest BCUT2D eigenvalue weighted by Gasteiger charge is -2.17. The molecule has 1 aromatic rings. The lowest BCUT2D eigenvalue weighted by atomic mass is 10.1. The Morgan fingerprint density at radius 1 is 1.19 bits per heavy atom. The average molecular weight is 311 g/mol. The van der Waals surface area contributed by atoms with Crippen molar-refractivity contribution in [1.29, 1.82) is 0 Å². The number of methoxy groups -OCH3 is 1. The van der Waals surface area contributed by atoms with Crippen LogP contribution in [0.15, 0.2) is 24.3 Å². The van der Waals surface area contributed by atoms with Gasteiger partial charge in [0.2, 0.25) is 5.91 Å². The van der Waals surface area contributed by atoms with Gasteiger partial charge in [0.05, 0.1) is 19.5 Å². The molecule has 0 saturated carbocycles. The number of hydrogen-bond acceptors (Lipinski definition) is 4. The van der Waals surface area contributed by atoms with Gasteiger partial charge in [0.25, 0.3) is 0 Å². The van der Waals surface area contributed by atoms with Crippen LogP contribution >= 0.6 is 11.8 Å². The molecule has 0 aromatic heterocycles. The molecule has 118 valence electrons. The molecule has 0 saturated heterocycles. The number of thioether (sulfide) groups is 1. The van der Waals surface area contributed by atoms with E-state index in [2.05, 4.69) is 19.2 Å². The third-order valence-corrected chi connectivity index (χ3v) is 4.10. The van der Waals surface area contributed by atoms with Crippen LogP contribution < -0.4 is 14.8 Å². The van der Waals surface area contributed by atoms with Crippen LogP contribution in [0.3, 0.4) is 0 Å². The maximum absolute atomic E-state index is 11.7. The molecule has 1 N–H and O–H groups in total.